The van der Waals surface area contributed by atoms with Crippen LogP contribution in [0.25, 0.3) is 10.9 Å². The molecule has 204 valence electrons. The highest BCUT2D eigenvalue weighted by Gasteiger charge is 2.19. The summed E-state index contributed by atoms with van der Waals surface area (Å²) in [7, 11) is 2.16. The summed E-state index contributed by atoms with van der Waals surface area (Å²) in [6, 6.07) is 11.7. The number of rotatable bonds is 9. The molecule has 9 heteroatoms. The maximum Gasteiger partial charge on any atom is 0.253 e. The van der Waals surface area contributed by atoms with E-state index in [0.717, 1.165) is 60.6 Å². The minimum absolute atomic E-state index is 0.0789. The molecule has 4 rings (SSSR count). The summed E-state index contributed by atoms with van der Waals surface area (Å²) in [5.41, 5.74) is 5.81. The fourth-order valence-corrected chi connectivity index (χ4v) is 5.23. The number of ether oxygens (including phenoxy) is 1. The minimum Gasteiger partial charge on any atom is -0.494 e. The van der Waals surface area contributed by atoms with Crippen molar-refractivity contribution in [1.82, 2.24) is 19.7 Å². The van der Waals surface area contributed by atoms with Gasteiger partial charge >= 0.3 is 0 Å². The largest absolute Gasteiger partial charge is 0.494 e. The van der Waals surface area contributed by atoms with Gasteiger partial charge in [0.25, 0.3) is 5.56 Å². The Labute approximate surface area is 230 Å². The third-order valence-electron chi connectivity index (χ3n) is 7.24. The lowest BCUT2D eigenvalue weighted by Crippen LogP contribution is -2.44. The van der Waals surface area contributed by atoms with Crippen LogP contribution in [0.5, 0.6) is 5.75 Å². The van der Waals surface area contributed by atoms with Crippen molar-refractivity contribution >= 4 is 33.9 Å². The number of aliphatic hydroxyl groups is 1. The molecule has 0 radical (unpaired) electrons. The SMILES string of the molecule is CCOc1ccc(NC(=S)N(CCO)Cc2cc3cc(C)c(CN4CCN(C)CC4)c(C)c3[nH]c2=O)cc1. The van der Waals surface area contributed by atoms with Crippen LogP contribution in [-0.4, -0.2) is 82.9 Å². The number of thiocarbonyl (C=S) groups is 1. The number of H-pyrrole nitrogens is 1. The third kappa shape index (κ3) is 6.71. The van der Waals surface area contributed by atoms with Crippen molar-refractivity contribution in [2.75, 3.05) is 58.3 Å². The standard InChI is InChI=1S/C29H39N5O3S/c1-5-37-25-8-6-24(7-9-25)30-29(38)34(14-15-35)18-23-17-22-16-20(2)26(21(3)27(22)31-28(23)36)19-33-12-10-32(4)11-13-33/h6-9,16-17,35H,5,10-15,18-19H2,1-4H3,(H,30,38)(H,31,36). The molecule has 0 bridgehead atoms. The van der Waals surface area contributed by atoms with Crippen LogP contribution in [0.1, 0.15) is 29.2 Å². The van der Waals surface area contributed by atoms with Gasteiger partial charge in [0.05, 0.1) is 25.3 Å². The zero-order valence-corrected chi connectivity index (χ0v) is 23.7. The zero-order chi connectivity index (χ0) is 27.2. The third-order valence-corrected chi connectivity index (χ3v) is 7.60. The average Bonchev–Trinajstić information content (AvgIpc) is 2.89. The first-order valence-electron chi connectivity index (χ1n) is 13.2. The number of likely N-dealkylation sites (N-methyl/N-ethyl adjacent to an activating group) is 1. The van der Waals surface area contributed by atoms with E-state index in [0.29, 0.717) is 23.8 Å². The molecule has 1 fully saturated rings. The Hall–Kier alpha value is -2.98. The molecule has 2 heterocycles. The van der Waals surface area contributed by atoms with Crippen LogP contribution in [0.15, 0.2) is 41.2 Å². The molecule has 1 saturated heterocycles. The number of hydrogen-bond acceptors (Lipinski definition) is 6. The van der Waals surface area contributed by atoms with Gasteiger partial charge in [-0.25, -0.2) is 0 Å². The molecule has 3 N–H and O–H groups in total. The first-order valence-corrected chi connectivity index (χ1v) is 13.7. The molecule has 0 aliphatic carbocycles. The predicted molar refractivity (Wildman–Crippen MR) is 158 cm³/mol. The lowest BCUT2D eigenvalue weighted by Gasteiger charge is -2.33. The lowest BCUT2D eigenvalue weighted by atomic mass is 9.97. The summed E-state index contributed by atoms with van der Waals surface area (Å²) < 4.78 is 5.50. The van der Waals surface area contributed by atoms with E-state index in [9.17, 15) is 9.90 Å². The lowest BCUT2D eigenvalue weighted by molar-refractivity contribution is 0.148. The van der Waals surface area contributed by atoms with Crippen molar-refractivity contribution in [3.05, 3.63) is 69.0 Å². The Kier molecular flexibility index (Phi) is 9.38. The maximum absolute atomic E-state index is 13.2. The summed E-state index contributed by atoms with van der Waals surface area (Å²) in [6.07, 6.45) is 0. The van der Waals surface area contributed by atoms with Crippen molar-refractivity contribution in [2.45, 2.75) is 33.9 Å². The molecule has 38 heavy (non-hydrogen) atoms. The number of nitrogens with one attached hydrogen (secondary N) is 2. The second-order valence-electron chi connectivity index (χ2n) is 10.00. The number of hydrogen-bond donors (Lipinski definition) is 3. The number of aryl methyl sites for hydroxylation is 2. The second-order valence-corrected chi connectivity index (χ2v) is 10.4. The van der Waals surface area contributed by atoms with E-state index in [4.69, 9.17) is 17.0 Å². The van der Waals surface area contributed by atoms with Crippen LogP contribution in [0.4, 0.5) is 5.69 Å². The van der Waals surface area contributed by atoms with E-state index in [2.05, 4.69) is 47.1 Å². The van der Waals surface area contributed by atoms with E-state index in [1.54, 1.807) is 0 Å². The maximum atomic E-state index is 13.2. The molecule has 2 aromatic carbocycles. The monoisotopic (exact) mass is 537 g/mol. The number of aromatic amines is 1. The summed E-state index contributed by atoms with van der Waals surface area (Å²) in [4.78, 5) is 23.0. The van der Waals surface area contributed by atoms with Gasteiger partial charge in [0, 0.05) is 50.5 Å². The van der Waals surface area contributed by atoms with E-state index >= 15 is 0 Å². The number of piperazine rings is 1. The van der Waals surface area contributed by atoms with Gasteiger partial charge in [-0.05, 0) is 98.5 Å². The number of aromatic nitrogens is 1. The molecule has 8 nitrogen and oxygen atoms in total. The van der Waals surface area contributed by atoms with Crippen molar-refractivity contribution in [1.29, 1.82) is 0 Å². The molecule has 0 atom stereocenters. The molecule has 0 spiro atoms. The number of pyridine rings is 1. The fourth-order valence-electron chi connectivity index (χ4n) is 4.96. The highest BCUT2D eigenvalue weighted by atomic mass is 32.1. The zero-order valence-electron chi connectivity index (χ0n) is 22.8. The summed E-state index contributed by atoms with van der Waals surface area (Å²) >= 11 is 5.64. The average molecular weight is 538 g/mol. The number of aliphatic hydroxyl groups excluding tert-OH is 1. The number of anilines is 1. The van der Waals surface area contributed by atoms with E-state index in [-0.39, 0.29) is 18.7 Å². The van der Waals surface area contributed by atoms with Gasteiger partial charge in [0.15, 0.2) is 5.11 Å². The van der Waals surface area contributed by atoms with Gasteiger partial charge in [-0.3, -0.25) is 9.69 Å². The Balaban J connectivity index is 1.53. The predicted octanol–water partition coefficient (Wildman–Crippen LogP) is 3.48. The Bertz CT molecular complexity index is 1320. The van der Waals surface area contributed by atoms with Crippen LogP contribution >= 0.6 is 12.2 Å². The molecular weight excluding hydrogens is 498 g/mol. The molecule has 1 aliphatic heterocycles. The topological polar surface area (TPSA) is 84.1 Å². The van der Waals surface area contributed by atoms with Crippen molar-refractivity contribution in [3.63, 3.8) is 0 Å². The van der Waals surface area contributed by atoms with E-state index < -0.39 is 0 Å². The van der Waals surface area contributed by atoms with Gasteiger partial charge in [-0.2, -0.15) is 0 Å². The molecule has 0 unspecified atom stereocenters. The van der Waals surface area contributed by atoms with E-state index in [1.165, 1.54) is 11.1 Å². The highest BCUT2D eigenvalue weighted by molar-refractivity contribution is 7.80. The fraction of sp³-hybridized carbons (Fsp3) is 0.448. The first kappa shape index (κ1) is 28.0. The Morgan fingerprint density at radius 2 is 1.87 bits per heavy atom. The molecule has 3 aromatic rings. The van der Waals surface area contributed by atoms with Gasteiger partial charge in [0.2, 0.25) is 0 Å². The number of benzene rings is 2. The highest BCUT2D eigenvalue weighted by Crippen LogP contribution is 2.26. The van der Waals surface area contributed by atoms with Crippen LogP contribution in [0.3, 0.4) is 0 Å². The molecule has 0 saturated carbocycles. The van der Waals surface area contributed by atoms with Crippen molar-refractivity contribution in [2.24, 2.45) is 0 Å². The normalized spacial score (nSPS) is 14.6. The summed E-state index contributed by atoms with van der Waals surface area (Å²) in [5.74, 6) is 0.788. The quantitative estimate of drug-likeness (QED) is 0.358. The smallest absolute Gasteiger partial charge is 0.253 e. The summed E-state index contributed by atoms with van der Waals surface area (Å²) in [5, 5.41) is 14.3. The molecule has 1 aromatic heterocycles. The minimum atomic E-state index is -0.137. The van der Waals surface area contributed by atoms with Gasteiger partial charge in [0.1, 0.15) is 5.75 Å². The van der Waals surface area contributed by atoms with Crippen LogP contribution in [0.2, 0.25) is 0 Å². The van der Waals surface area contributed by atoms with Crippen molar-refractivity contribution in [3.8, 4) is 5.75 Å². The Morgan fingerprint density at radius 3 is 2.53 bits per heavy atom. The summed E-state index contributed by atoms with van der Waals surface area (Å²) in [6.45, 7) is 12.5. The van der Waals surface area contributed by atoms with E-state index in [1.807, 2.05) is 42.2 Å². The number of nitrogens with zero attached hydrogens (tertiary/aromatic N) is 3. The molecular formula is C29H39N5O3S. The van der Waals surface area contributed by atoms with Crippen LogP contribution in [0, 0.1) is 13.8 Å². The van der Waals surface area contributed by atoms with Crippen LogP contribution < -0.4 is 15.6 Å². The molecule has 0 amide bonds. The second kappa shape index (κ2) is 12.7. The van der Waals surface area contributed by atoms with Gasteiger partial charge in [-0.1, -0.05) is 0 Å². The Morgan fingerprint density at radius 1 is 1.16 bits per heavy atom. The van der Waals surface area contributed by atoms with Gasteiger partial charge < -0.3 is 29.9 Å². The number of fused-ring (bicyclic) bond motifs is 1. The first-order chi connectivity index (χ1) is 18.3. The van der Waals surface area contributed by atoms with Gasteiger partial charge in [-0.15, -0.1) is 0 Å². The van der Waals surface area contributed by atoms with Crippen molar-refractivity contribution < 1.29 is 9.84 Å². The molecule has 1 aliphatic rings. The van der Waals surface area contributed by atoms with Crippen LogP contribution in [-0.2, 0) is 13.1 Å².